The fraction of sp³-hybridized carbons (Fsp3) is 0.333. The molecule has 0 unspecified atom stereocenters. The van der Waals surface area contributed by atoms with Crippen molar-refractivity contribution in [2.24, 2.45) is 0 Å². The molecule has 132 valence electrons. The Morgan fingerprint density at radius 3 is 2.52 bits per heavy atom. The number of carbonyl (C=O) groups excluding carboxylic acids is 2. The van der Waals surface area contributed by atoms with Crippen molar-refractivity contribution in [1.82, 2.24) is 15.1 Å². The van der Waals surface area contributed by atoms with E-state index < -0.39 is 11.7 Å². The summed E-state index contributed by atoms with van der Waals surface area (Å²) in [6.45, 7) is 3.76. The summed E-state index contributed by atoms with van der Waals surface area (Å²) in [6, 6.07) is 9.27. The van der Waals surface area contributed by atoms with Crippen molar-refractivity contribution in [2.45, 2.75) is 0 Å². The average molecular weight is 345 g/mol. The van der Waals surface area contributed by atoms with Gasteiger partial charge in [0.25, 0.3) is 11.8 Å². The molecule has 1 aromatic carbocycles. The maximum absolute atomic E-state index is 13.5. The smallest absolute Gasteiger partial charge is 0.289 e. The van der Waals surface area contributed by atoms with E-state index in [9.17, 15) is 14.0 Å². The van der Waals surface area contributed by atoms with Crippen LogP contribution in [0, 0.1) is 5.82 Å². The third kappa shape index (κ3) is 4.24. The number of nitrogens with one attached hydrogen (secondary N) is 1. The zero-order valence-electron chi connectivity index (χ0n) is 13.8. The standard InChI is InChI=1S/C18H20FN3O3/c19-15-5-2-1-4-14(15)17(23)20-7-8-21-9-11-22(12-10-21)18(24)16-6-3-13-25-16/h1-6,13H,7-12H2,(H,20,23). The molecule has 0 saturated carbocycles. The first kappa shape index (κ1) is 17.2. The van der Waals surface area contributed by atoms with Crippen molar-refractivity contribution in [3.05, 3.63) is 59.8 Å². The van der Waals surface area contributed by atoms with Gasteiger partial charge in [-0.15, -0.1) is 0 Å². The molecule has 1 N–H and O–H groups in total. The molecule has 1 saturated heterocycles. The number of piperazine rings is 1. The molecule has 3 rings (SSSR count). The summed E-state index contributed by atoms with van der Waals surface area (Å²) in [5, 5.41) is 2.73. The van der Waals surface area contributed by atoms with Gasteiger partial charge in [-0.25, -0.2) is 4.39 Å². The van der Waals surface area contributed by atoms with Crippen molar-refractivity contribution >= 4 is 11.8 Å². The lowest BCUT2D eigenvalue weighted by atomic mass is 10.2. The number of nitrogens with zero attached hydrogens (tertiary/aromatic N) is 2. The predicted molar refractivity (Wildman–Crippen MR) is 89.8 cm³/mol. The second-order valence-electron chi connectivity index (χ2n) is 5.85. The Bertz CT molecular complexity index is 725. The Kier molecular flexibility index (Phi) is 5.45. The maximum atomic E-state index is 13.5. The zero-order chi connectivity index (χ0) is 17.6. The summed E-state index contributed by atoms with van der Waals surface area (Å²) >= 11 is 0. The minimum absolute atomic E-state index is 0.0522. The van der Waals surface area contributed by atoms with Crippen molar-refractivity contribution < 1.29 is 18.4 Å². The maximum Gasteiger partial charge on any atom is 0.289 e. The fourth-order valence-electron chi connectivity index (χ4n) is 2.80. The minimum atomic E-state index is -0.523. The Balaban J connectivity index is 1.40. The highest BCUT2D eigenvalue weighted by molar-refractivity contribution is 5.94. The van der Waals surface area contributed by atoms with Crippen LogP contribution in [0.25, 0.3) is 0 Å². The zero-order valence-corrected chi connectivity index (χ0v) is 13.8. The summed E-state index contributed by atoms with van der Waals surface area (Å²) in [5.74, 6) is -0.683. The molecule has 0 atom stereocenters. The predicted octanol–water partition coefficient (Wildman–Crippen LogP) is 1.61. The quantitative estimate of drug-likeness (QED) is 0.894. The minimum Gasteiger partial charge on any atom is -0.459 e. The molecule has 0 aliphatic carbocycles. The second-order valence-corrected chi connectivity index (χ2v) is 5.85. The van der Waals surface area contributed by atoms with E-state index in [1.54, 1.807) is 29.2 Å². The van der Waals surface area contributed by atoms with E-state index in [-0.39, 0.29) is 11.5 Å². The number of hydrogen-bond donors (Lipinski definition) is 1. The SMILES string of the molecule is O=C(NCCN1CCN(C(=O)c2ccco2)CC1)c1ccccc1F. The van der Waals surface area contributed by atoms with Crippen LogP contribution in [0.3, 0.4) is 0 Å². The third-order valence-electron chi connectivity index (χ3n) is 4.22. The summed E-state index contributed by atoms with van der Waals surface area (Å²) in [4.78, 5) is 28.0. The van der Waals surface area contributed by atoms with E-state index in [1.807, 2.05) is 0 Å². The molecule has 0 spiro atoms. The molecule has 2 aromatic rings. The van der Waals surface area contributed by atoms with E-state index >= 15 is 0 Å². The molecule has 1 aliphatic rings. The molecule has 2 heterocycles. The van der Waals surface area contributed by atoms with Crippen molar-refractivity contribution in [2.75, 3.05) is 39.3 Å². The van der Waals surface area contributed by atoms with Crippen molar-refractivity contribution in [1.29, 1.82) is 0 Å². The average Bonchev–Trinajstić information content (AvgIpc) is 3.16. The van der Waals surface area contributed by atoms with Crippen LogP contribution in [0.2, 0.25) is 0 Å². The molecule has 1 fully saturated rings. The first-order valence-corrected chi connectivity index (χ1v) is 8.23. The highest BCUT2D eigenvalue weighted by atomic mass is 19.1. The molecule has 0 radical (unpaired) electrons. The monoisotopic (exact) mass is 345 g/mol. The lowest BCUT2D eigenvalue weighted by Gasteiger charge is -2.34. The molecule has 1 aromatic heterocycles. The number of carbonyl (C=O) groups is 2. The van der Waals surface area contributed by atoms with Gasteiger partial charge < -0.3 is 14.6 Å². The van der Waals surface area contributed by atoms with E-state index in [4.69, 9.17) is 4.42 Å². The summed E-state index contributed by atoms with van der Waals surface area (Å²) in [7, 11) is 0. The normalized spacial score (nSPS) is 15.2. The van der Waals surface area contributed by atoms with Crippen LogP contribution in [0.1, 0.15) is 20.9 Å². The fourth-order valence-corrected chi connectivity index (χ4v) is 2.80. The first-order chi connectivity index (χ1) is 12.1. The van der Waals surface area contributed by atoms with Crippen LogP contribution in [-0.4, -0.2) is 60.9 Å². The number of benzene rings is 1. The first-order valence-electron chi connectivity index (χ1n) is 8.23. The molecule has 7 heteroatoms. The summed E-state index contributed by atoms with van der Waals surface area (Å²) < 4.78 is 18.7. The molecular weight excluding hydrogens is 325 g/mol. The lowest BCUT2D eigenvalue weighted by molar-refractivity contribution is 0.0607. The van der Waals surface area contributed by atoms with Crippen LogP contribution in [-0.2, 0) is 0 Å². The summed E-state index contributed by atoms with van der Waals surface area (Å²) in [5.41, 5.74) is 0.0522. The third-order valence-corrected chi connectivity index (χ3v) is 4.22. The second kappa shape index (κ2) is 7.94. The van der Waals surface area contributed by atoms with E-state index in [2.05, 4.69) is 10.2 Å². The van der Waals surface area contributed by atoms with Gasteiger partial charge in [-0.3, -0.25) is 14.5 Å². The molecule has 1 aliphatic heterocycles. The number of furan rings is 1. The molecule has 6 nitrogen and oxygen atoms in total. The Morgan fingerprint density at radius 1 is 1.08 bits per heavy atom. The van der Waals surface area contributed by atoms with Gasteiger partial charge in [-0.2, -0.15) is 0 Å². The van der Waals surface area contributed by atoms with E-state index in [1.165, 1.54) is 18.4 Å². The van der Waals surface area contributed by atoms with Gasteiger partial charge in [0.2, 0.25) is 0 Å². The van der Waals surface area contributed by atoms with Crippen LogP contribution in [0.15, 0.2) is 47.1 Å². The van der Waals surface area contributed by atoms with Crippen molar-refractivity contribution in [3.63, 3.8) is 0 Å². The van der Waals surface area contributed by atoms with E-state index in [0.717, 1.165) is 13.1 Å². The molecule has 0 bridgehead atoms. The Labute approximate surface area is 145 Å². The van der Waals surface area contributed by atoms with Gasteiger partial charge in [-0.05, 0) is 24.3 Å². The Morgan fingerprint density at radius 2 is 1.84 bits per heavy atom. The van der Waals surface area contributed by atoms with Gasteiger partial charge in [0.15, 0.2) is 5.76 Å². The molecular formula is C18H20FN3O3. The number of rotatable bonds is 5. The molecule has 25 heavy (non-hydrogen) atoms. The topological polar surface area (TPSA) is 65.8 Å². The highest BCUT2D eigenvalue weighted by Gasteiger charge is 2.23. The summed E-state index contributed by atoms with van der Waals surface area (Å²) in [6.07, 6.45) is 1.49. The van der Waals surface area contributed by atoms with Crippen LogP contribution < -0.4 is 5.32 Å². The lowest BCUT2D eigenvalue weighted by Crippen LogP contribution is -2.50. The number of amides is 2. The number of halogens is 1. The van der Waals surface area contributed by atoms with Gasteiger partial charge in [-0.1, -0.05) is 12.1 Å². The van der Waals surface area contributed by atoms with Gasteiger partial charge >= 0.3 is 0 Å². The number of hydrogen-bond acceptors (Lipinski definition) is 4. The van der Waals surface area contributed by atoms with Gasteiger partial charge in [0.05, 0.1) is 11.8 Å². The van der Waals surface area contributed by atoms with Crippen molar-refractivity contribution in [3.8, 4) is 0 Å². The van der Waals surface area contributed by atoms with Gasteiger partial charge in [0, 0.05) is 39.3 Å². The van der Waals surface area contributed by atoms with Gasteiger partial charge in [0.1, 0.15) is 5.82 Å². The molecule has 2 amide bonds. The Hall–Kier alpha value is -2.67. The van der Waals surface area contributed by atoms with Crippen LogP contribution in [0.4, 0.5) is 4.39 Å². The highest BCUT2D eigenvalue weighted by Crippen LogP contribution is 2.09. The van der Waals surface area contributed by atoms with Crippen LogP contribution in [0.5, 0.6) is 0 Å². The largest absolute Gasteiger partial charge is 0.459 e. The van der Waals surface area contributed by atoms with E-state index in [0.29, 0.717) is 31.9 Å². The van der Waals surface area contributed by atoms with Crippen LogP contribution >= 0.6 is 0 Å².